The molecule has 0 aliphatic carbocycles. The Morgan fingerprint density at radius 3 is 2.36 bits per heavy atom. The van der Waals surface area contributed by atoms with Crippen molar-refractivity contribution in [2.45, 2.75) is 20.3 Å². The lowest BCUT2D eigenvalue weighted by atomic mass is 9.87. The first kappa shape index (κ1) is 19.1. The molecule has 0 bridgehead atoms. The SMILES string of the molecule is CCc1ccc(C)c(-c2c(C#N)cc([N+](=O)[O-])cc2-c2ccc(OC)cc2)c1. The molecule has 0 aromatic heterocycles. The van der Waals surface area contributed by atoms with Gasteiger partial charge in [0.25, 0.3) is 5.69 Å². The van der Waals surface area contributed by atoms with Crippen molar-refractivity contribution < 1.29 is 9.66 Å². The molecule has 0 spiro atoms. The Morgan fingerprint density at radius 1 is 1.07 bits per heavy atom. The Kier molecular flexibility index (Phi) is 5.42. The summed E-state index contributed by atoms with van der Waals surface area (Å²) in [4.78, 5) is 11.0. The van der Waals surface area contributed by atoms with Crippen LogP contribution in [0, 0.1) is 28.4 Å². The summed E-state index contributed by atoms with van der Waals surface area (Å²) in [5, 5.41) is 21.2. The number of nitrogens with zero attached hydrogens (tertiary/aromatic N) is 2. The highest BCUT2D eigenvalue weighted by molar-refractivity contribution is 5.90. The third kappa shape index (κ3) is 3.58. The molecule has 0 N–H and O–H groups in total. The Hall–Kier alpha value is -3.65. The van der Waals surface area contributed by atoms with Crippen molar-refractivity contribution in [2.75, 3.05) is 7.11 Å². The lowest BCUT2D eigenvalue weighted by Gasteiger charge is -2.16. The predicted octanol–water partition coefficient (Wildman–Crippen LogP) is 5.68. The minimum Gasteiger partial charge on any atom is -0.497 e. The molecule has 3 aromatic carbocycles. The molecule has 5 heteroatoms. The number of aryl methyl sites for hydroxylation is 2. The molecule has 0 radical (unpaired) electrons. The van der Waals surface area contributed by atoms with E-state index in [1.165, 1.54) is 12.1 Å². The summed E-state index contributed by atoms with van der Waals surface area (Å²) >= 11 is 0. The molecule has 3 rings (SSSR count). The van der Waals surface area contributed by atoms with Crippen LogP contribution in [0.5, 0.6) is 5.75 Å². The lowest BCUT2D eigenvalue weighted by Crippen LogP contribution is -1.97. The van der Waals surface area contributed by atoms with Crippen LogP contribution in [0.1, 0.15) is 23.6 Å². The summed E-state index contributed by atoms with van der Waals surface area (Å²) in [5.74, 6) is 0.695. The first-order valence-corrected chi connectivity index (χ1v) is 8.95. The van der Waals surface area contributed by atoms with Crippen molar-refractivity contribution in [3.8, 4) is 34.1 Å². The molecule has 0 saturated carbocycles. The molecular formula is C23H20N2O3. The van der Waals surface area contributed by atoms with E-state index in [0.717, 1.165) is 28.7 Å². The molecule has 0 unspecified atom stereocenters. The van der Waals surface area contributed by atoms with Gasteiger partial charge in [-0.3, -0.25) is 10.1 Å². The van der Waals surface area contributed by atoms with E-state index in [0.29, 0.717) is 16.9 Å². The first-order valence-electron chi connectivity index (χ1n) is 8.95. The van der Waals surface area contributed by atoms with E-state index >= 15 is 0 Å². The fourth-order valence-corrected chi connectivity index (χ4v) is 3.27. The summed E-state index contributed by atoms with van der Waals surface area (Å²) in [6.07, 6.45) is 0.861. The zero-order chi connectivity index (χ0) is 20.3. The number of methoxy groups -OCH3 is 1. The Morgan fingerprint density at radius 2 is 1.79 bits per heavy atom. The number of nitro groups is 1. The maximum atomic E-state index is 11.4. The highest BCUT2D eigenvalue weighted by Crippen LogP contribution is 2.40. The Balaban J connectivity index is 2.37. The molecule has 140 valence electrons. The van der Waals surface area contributed by atoms with E-state index in [9.17, 15) is 15.4 Å². The molecule has 0 heterocycles. The number of benzene rings is 3. The van der Waals surface area contributed by atoms with Crippen LogP contribution in [0.4, 0.5) is 5.69 Å². The molecule has 3 aromatic rings. The standard InChI is InChI=1S/C23H20N2O3/c1-4-16-6-5-15(2)21(11-16)23-18(14-24)12-19(25(26)27)13-22(23)17-7-9-20(28-3)10-8-17/h5-13H,4H2,1-3H3. The zero-order valence-electron chi connectivity index (χ0n) is 16.0. The maximum absolute atomic E-state index is 11.4. The van der Waals surface area contributed by atoms with Gasteiger partial charge in [-0.05, 0) is 53.3 Å². The number of hydrogen-bond acceptors (Lipinski definition) is 4. The van der Waals surface area contributed by atoms with Gasteiger partial charge in [0, 0.05) is 17.7 Å². The summed E-state index contributed by atoms with van der Waals surface area (Å²) in [7, 11) is 1.58. The highest BCUT2D eigenvalue weighted by atomic mass is 16.6. The molecule has 0 aliphatic heterocycles. The fourth-order valence-electron chi connectivity index (χ4n) is 3.27. The molecular weight excluding hydrogens is 352 g/mol. The van der Waals surface area contributed by atoms with Crippen LogP contribution in [0.3, 0.4) is 0 Å². The highest BCUT2D eigenvalue weighted by Gasteiger charge is 2.20. The summed E-state index contributed by atoms with van der Waals surface area (Å²) in [6.45, 7) is 4.05. The second-order valence-corrected chi connectivity index (χ2v) is 6.52. The van der Waals surface area contributed by atoms with Crippen LogP contribution in [0.25, 0.3) is 22.3 Å². The lowest BCUT2D eigenvalue weighted by molar-refractivity contribution is -0.384. The van der Waals surface area contributed by atoms with Gasteiger partial charge in [0.05, 0.1) is 17.6 Å². The summed E-state index contributed by atoms with van der Waals surface area (Å²) < 4.78 is 5.22. The van der Waals surface area contributed by atoms with Gasteiger partial charge in [0.15, 0.2) is 0 Å². The van der Waals surface area contributed by atoms with Crippen LogP contribution >= 0.6 is 0 Å². The van der Waals surface area contributed by atoms with Gasteiger partial charge in [0.2, 0.25) is 0 Å². The average Bonchev–Trinajstić information content (AvgIpc) is 2.73. The van der Waals surface area contributed by atoms with Gasteiger partial charge in [-0.15, -0.1) is 0 Å². The number of nitro benzene ring substituents is 1. The largest absolute Gasteiger partial charge is 0.497 e. The topological polar surface area (TPSA) is 76.2 Å². The molecule has 0 saturated heterocycles. The average molecular weight is 372 g/mol. The zero-order valence-corrected chi connectivity index (χ0v) is 16.0. The van der Waals surface area contributed by atoms with Crippen LogP contribution in [0.2, 0.25) is 0 Å². The van der Waals surface area contributed by atoms with Crippen molar-refractivity contribution in [3.05, 3.63) is 81.4 Å². The second kappa shape index (κ2) is 7.93. The van der Waals surface area contributed by atoms with Gasteiger partial charge in [0.1, 0.15) is 11.8 Å². The summed E-state index contributed by atoms with van der Waals surface area (Å²) in [6, 6.07) is 18.5. The summed E-state index contributed by atoms with van der Waals surface area (Å²) in [5.41, 5.74) is 5.41. The number of nitriles is 1. The van der Waals surface area contributed by atoms with Crippen molar-refractivity contribution in [1.82, 2.24) is 0 Å². The van der Waals surface area contributed by atoms with Crippen molar-refractivity contribution in [3.63, 3.8) is 0 Å². The van der Waals surface area contributed by atoms with Crippen molar-refractivity contribution in [2.24, 2.45) is 0 Å². The van der Waals surface area contributed by atoms with Gasteiger partial charge >= 0.3 is 0 Å². The monoisotopic (exact) mass is 372 g/mol. The van der Waals surface area contributed by atoms with Crippen LogP contribution in [0.15, 0.2) is 54.6 Å². The Labute approximate surface area is 164 Å². The van der Waals surface area contributed by atoms with E-state index in [1.54, 1.807) is 19.2 Å². The fraction of sp³-hybridized carbons (Fsp3) is 0.174. The molecule has 28 heavy (non-hydrogen) atoms. The molecule has 0 amide bonds. The van der Waals surface area contributed by atoms with E-state index in [1.807, 2.05) is 25.1 Å². The molecule has 0 atom stereocenters. The number of rotatable bonds is 5. The first-order chi connectivity index (χ1) is 13.5. The second-order valence-electron chi connectivity index (χ2n) is 6.52. The normalized spacial score (nSPS) is 10.4. The third-order valence-electron chi connectivity index (χ3n) is 4.83. The minimum absolute atomic E-state index is 0.101. The van der Waals surface area contributed by atoms with Gasteiger partial charge in [-0.25, -0.2) is 0 Å². The van der Waals surface area contributed by atoms with E-state index < -0.39 is 4.92 Å². The van der Waals surface area contributed by atoms with Gasteiger partial charge in [-0.1, -0.05) is 37.3 Å². The molecule has 0 aliphatic rings. The number of ether oxygens (including phenoxy) is 1. The number of non-ortho nitro benzene ring substituents is 1. The molecule has 5 nitrogen and oxygen atoms in total. The van der Waals surface area contributed by atoms with Gasteiger partial charge < -0.3 is 4.74 Å². The smallest absolute Gasteiger partial charge is 0.271 e. The van der Waals surface area contributed by atoms with Gasteiger partial charge in [-0.2, -0.15) is 5.26 Å². The minimum atomic E-state index is -0.465. The van der Waals surface area contributed by atoms with Crippen molar-refractivity contribution in [1.29, 1.82) is 5.26 Å². The van der Waals surface area contributed by atoms with Crippen LogP contribution in [-0.2, 0) is 6.42 Å². The van der Waals surface area contributed by atoms with E-state index in [2.05, 4.69) is 25.1 Å². The predicted molar refractivity (Wildman–Crippen MR) is 109 cm³/mol. The number of hydrogen-bond donors (Lipinski definition) is 0. The maximum Gasteiger partial charge on any atom is 0.271 e. The van der Waals surface area contributed by atoms with E-state index in [4.69, 9.17) is 4.74 Å². The van der Waals surface area contributed by atoms with Crippen molar-refractivity contribution >= 4 is 5.69 Å². The van der Waals surface area contributed by atoms with E-state index in [-0.39, 0.29) is 11.3 Å². The quantitative estimate of drug-likeness (QED) is 0.426. The van der Waals surface area contributed by atoms with Crippen LogP contribution in [-0.4, -0.2) is 12.0 Å². The van der Waals surface area contributed by atoms with Crippen LogP contribution < -0.4 is 4.74 Å². The third-order valence-corrected chi connectivity index (χ3v) is 4.83. The molecule has 0 fully saturated rings. The Bertz CT molecular complexity index is 1080.